The van der Waals surface area contributed by atoms with Gasteiger partial charge in [0, 0.05) is 12.5 Å². The van der Waals surface area contributed by atoms with Crippen molar-refractivity contribution in [1.82, 2.24) is 0 Å². The first-order valence-electron chi connectivity index (χ1n) is 6.71. The molecule has 2 heteroatoms. The van der Waals surface area contributed by atoms with E-state index in [1.54, 1.807) is 0 Å². The molecule has 0 saturated heterocycles. The zero-order valence-electron chi connectivity index (χ0n) is 10.7. The zero-order chi connectivity index (χ0) is 12.8. The van der Waals surface area contributed by atoms with Crippen LogP contribution in [-0.4, -0.2) is 16.8 Å². The molecule has 2 nitrogen and oxygen atoms in total. The van der Waals surface area contributed by atoms with Gasteiger partial charge >= 0.3 is 0 Å². The lowest BCUT2D eigenvalue weighted by Gasteiger charge is -2.39. The maximum atomic E-state index is 11.0. The molecule has 1 aromatic rings. The third-order valence-corrected chi connectivity index (χ3v) is 4.84. The maximum Gasteiger partial charge on any atom is 0.0905 e. The maximum absolute atomic E-state index is 11.0. The lowest BCUT2D eigenvalue weighted by atomic mass is 9.70. The molecule has 2 bridgehead atoms. The monoisotopic (exact) mass is 244 g/mol. The van der Waals surface area contributed by atoms with Crippen molar-refractivity contribution < 1.29 is 10.2 Å². The Kier molecular flexibility index (Phi) is 2.80. The molecule has 0 aliphatic heterocycles. The molecule has 0 spiro atoms. The van der Waals surface area contributed by atoms with Gasteiger partial charge in [-0.15, -0.1) is 0 Å². The number of aliphatic hydroxyl groups is 2. The Morgan fingerprint density at radius 2 is 1.83 bits per heavy atom. The van der Waals surface area contributed by atoms with Crippen LogP contribution in [0.15, 0.2) is 42.5 Å². The summed E-state index contributed by atoms with van der Waals surface area (Å²) in [6.45, 7) is 2.06. The third-order valence-electron chi connectivity index (χ3n) is 4.84. The predicted octanol–water partition coefficient (Wildman–Crippen LogP) is 2.32. The van der Waals surface area contributed by atoms with Gasteiger partial charge in [-0.25, -0.2) is 0 Å². The third kappa shape index (κ3) is 1.63. The van der Waals surface area contributed by atoms with Gasteiger partial charge in [0.25, 0.3) is 0 Å². The molecule has 2 aliphatic rings. The SMILES string of the molecule is C[C@@](O)(c1ccccc1)[C@H]1[C@@H](CO)[C@H]2C=C[C@@H]1C2. The van der Waals surface area contributed by atoms with Gasteiger partial charge < -0.3 is 10.2 Å². The van der Waals surface area contributed by atoms with Crippen molar-refractivity contribution >= 4 is 0 Å². The fraction of sp³-hybridized carbons (Fsp3) is 0.500. The van der Waals surface area contributed by atoms with E-state index in [0.29, 0.717) is 11.8 Å². The van der Waals surface area contributed by atoms with Gasteiger partial charge in [0.1, 0.15) is 0 Å². The standard InChI is InChI=1S/C16H20O2/c1-16(18,13-5-3-2-4-6-13)15-12-8-7-11(9-12)14(15)10-17/h2-8,11-12,14-15,17-18H,9-10H2,1H3/t11-,12+,14-,15+,16+/m0/s1. The lowest BCUT2D eigenvalue weighted by molar-refractivity contribution is -0.0489. The summed E-state index contributed by atoms with van der Waals surface area (Å²) < 4.78 is 0. The van der Waals surface area contributed by atoms with E-state index in [0.717, 1.165) is 12.0 Å². The van der Waals surface area contributed by atoms with Gasteiger partial charge in [-0.1, -0.05) is 42.5 Å². The molecule has 5 atom stereocenters. The second kappa shape index (κ2) is 4.22. The minimum atomic E-state index is -0.862. The Bertz CT molecular complexity index is 449. The van der Waals surface area contributed by atoms with Crippen molar-refractivity contribution in [3.8, 4) is 0 Å². The summed E-state index contributed by atoms with van der Waals surface area (Å²) in [5.41, 5.74) is 0.0909. The average molecular weight is 244 g/mol. The molecule has 0 radical (unpaired) electrons. The molecule has 1 fully saturated rings. The van der Waals surface area contributed by atoms with Crippen LogP contribution >= 0.6 is 0 Å². The van der Waals surface area contributed by atoms with Crippen LogP contribution in [0.2, 0.25) is 0 Å². The molecule has 0 heterocycles. The molecular formula is C16H20O2. The van der Waals surface area contributed by atoms with Crippen LogP contribution in [0.4, 0.5) is 0 Å². The Hall–Kier alpha value is -1.12. The predicted molar refractivity (Wildman–Crippen MR) is 70.8 cm³/mol. The van der Waals surface area contributed by atoms with Gasteiger partial charge in [-0.05, 0) is 36.7 Å². The number of rotatable bonds is 3. The Morgan fingerprint density at radius 3 is 2.50 bits per heavy atom. The van der Waals surface area contributed by atoms with Crippen molar-refractivity contribution in [2.45, 2.75) is 18.9 Å². The summed E-state index contributed by atoms with van der Waals surface area (Å²) in [6, 6.07) is 9.83. The number of hydrogen-bond acceptors (Lipinski definition) is 2. The van der Waals surface area contributed by atoms with Crippen LogP contribution < -0.4 is 0 Å². The average Bonchev–Trinajstić information content (AvgIpc) is 2.99. The molecule has 0 aromatic heterocycles. The smallest absolute Gasteiger partial charge is 0.0905 e. The van der Waals surface area contributed by atoms with Crippen LogP contribution in [0.1, 0.15) is 18.9 Å². The molecule has 1 aromatic carbocycles. The highest BCUT2D eigenvalue weighted by Crippen LogP contribution is 2.54. The summed E-state index contributed by atoms with van der Waals surface area (Å²) in [5.74, 6) is 1.16. The highest BCUT2D eigenvalue weighted by atomic mass is 16.3. The van der Waals surface area contributed by atoms with Crippen LogP contribution in [0.5, 0.6) is 0 Å². The van der Waals surface area contributed by atoms with E-state index in [1.165, 1.54) is 0 Å². The number of hydrogen-bond donors (Lipinski definition) is 2. The minimum Gasteiger partial charge on any atom is -0.396 e. The number of benzene rings is 1. The van der Waals surface area contributed by atoms with Crippen molar-refractivity contribution in [3.05, 3.63) is 48.0 Å². The number of allylic oxidation sites excluding steroid dienone is 2. The normalized spacial score (nSPS) is 36.8. The molecule has 3 rings (SSSR count). The van der Waals surface area contributed by atoms with Crippen LogP contribution in [0.3, 0.4) is 0 Å². The van der Waals surface area contributed by atoms with E-state index in [4.69, 9.17) is 0 Å². The molecule has 2 aliphatic carbocycles. The highest BCUT2D eigenvalue weighted by molar-refractivity contribution is 5.27. The van der Waals surface area contributed by atoms with Crippen LogP contribution in [-0.2, 0) is 5.60 Å². The number of fused-ring (bicyclic) bond motifs is 2. The lowest BCUT2D eigenvalue weighted by Crippen LogP contribution is -2.40. The Balaban J connectivity index is 1.96. The first kappa shape index (κ1) is 11.9. The molecular weight excluding hydrogens is 224 g/mol. The van der Waals surface area contributed by atoms with Crippen molar-refractivity contribution in [2.24, 2.45) is 23.7 Å². The fourth-order valence-electron chi connectivity index (χ4n) is 3.98. The van der Waals surface area contributed by atoms with E-state index in [9.17, 15) is 10.2 Å². The van der Waals surface area contributed by atoms with E-state index in [2.05, 4.69) is 12.2 Å². The van der Waals surface area contributed by atoms with Crippen molar-refractivity contribution in [3.63, 3.8) is 0 Å². The van der Waals surface area contributed by atoms with Gasteiger partial charge in [0.05, 0.1) is 5.60 Å². The molecule has 0 unspecified atom stereocenters. The minimum absolute atomic E-state index is 0.125. The first-order chi connectivity index (χ1) is 8.64. The second-order valence-corrected chi connectivity index (χ2v) is 5.83. The van der Waals surface area contributed by atoms with Crippen molar-refractivity contribution in [1.29, 1.82) is 0 Å². The summed E-state index contributed by atoms with van der Waals surface area (Å²) >= 11 is 0. The van der Waals surface area contributed by atoms with E-state index < -0.39 is 5.60 Å². The zero-order valence-corrected chi connectivity index (χ0v) is 10.7. The van der Waals surface area contributed by atoms with Gasteiger partial charge in [-0.3, -0.25) is 0 Å². The Morgan fingerprint density at radius 1 is 1.17 bits per heavy atom. The van der Waals surface area contributed by atoms with Gasteiger partial charge in [0.2, 0.25) is 0 Å². The first-order valence-corrected chi connectivity index (χ1v) is 6.71. The quantitative estimate of drug-likeness (QED) is 0.801. The van der Waals surface area contributed by atoms with Crippen LogP contribution in [0, 0.1) is 23.7 Å². The fourth-order valence-corrected chi connectivity index (χ4v) is 3.98. The highest BCUT2D eigenvalue weighted by Gasteiger charge is 2.52. The summed E-state index contributed by atoms with van der Waals surface area (Å²) in [4.78, 5) is 0. The van der Waals surface area contributed by atoms with Crippen molar-refractivity contribution in [2.75, 3.05) is 6.61 Å². The molecule has 0 amide bonds. The topological polar surface area (TPSA) is 40.5 Å². The second-order valence-electron chi connectivity index (χ2n) is 5.83. The van der Waals surface area contributed by atoms with Gasteiger partial charge in [0.15, 0.2) is 0 Å². The molecule has 18 heavy (non-hydrogen) atoms. The summed E-state index contributed by atoms with van der Waals surface area (Å²) in [7, 11) is 0. The molecule has 2 N–H and O–H groups in total. The van der Waals surface area contributed by atoms with E-state index >= 15 is 0 Å². The largest absolute Gasteiger partial charge is 0.396 e. The summed E-state index contributed by atoms with van der Waals surface area (Å²) in [6.07, 6.45) is 5.51. The van der Waals surface area contributed by atoms with E-state index in [-0.39, 0.29) is 18.4 Å². The van der Waals surface area contributed by atoms with E-state index in [1.807, 2.05) is 37.3 Å². The number of aliphatic hydroxyl groups excluding tert-OH is 1. The van der Waals surface area contributed by atoms with Crippen LogP contribution in [0.25, 0.3) is 0 Å². The Labute approximate surface area is 108 Å². The van der Waals surface area contributed by atoms with Gasteiger partial charge in [-0.2, -0.15) is 0 Å². The summed E-state index contributed by atoms with van der Waals surface area (Å²) in [5, 5.41) is 20.6. The molecule has 96 valence electrons. The molecule has 1 saturated carbocycles.